The number of anilines is 1. The molecule has 0 amide bonds. The molecule has 7 nitrogen and oxygen atoms in total. The molecular formula is C15H15N5O2S. The lowest BCUT2D eigenvalue weighted by atomic mass is 10.1. The van der Waals surface area contributed by atoms with Gasteiger partial charge in [0.25, 0.3) is 10.0 Å². The van der Waals surface area contributed by atoms with Crippen molar-refractivity contribution in [3.05, 3.63) is 55.1 Å². The maximum absolute atomic E-state index is 12.6. The average molecular weight is 329 g/mol. The van der Waals surface area contributed by atoms with Crippen molar-refractivity contribution in [3.8, 4) is 11.3 Å². The molecule has 0 spiro atoms. The summed E-state index contributed by atoms with van der Waals surface area (Å²) in [6.45, 7) is 2.28. The van der Waals surface area contributed by atoms with Crippen LogP contribution in [0.5, 0.6) is 0 Å². The van der Waals surface area contributed by atoms with Crippen molar-refractivity contribution in [1.29, 1.82) is 0 Å². The minimum Gasteiger partial charge on any atom is -0.275 e. The van der Waals surface area contributed by atoms with E-state index in [0.29, 0.717) is 17.9 Å². The van der Waals surface area contributed by atoms with E-state index >= 15 is 0 Å². The van der Waals surface area contributed by atoms with E-state index in [9.17, 15) is 8.42 Å². The van der Waals surface area contributed by atoms with E-state index in [-0.39, 0.29) is 5.03 Å². The van der Waals surface area contributed by atoms with E-state index < -0.39 is 10.0 Å². The van der Waals surface area contributed by atoms with E-state index in [2.05, 4.69) is 19.8 Å². The van der Waals surface area contributed by atoms with E-state index in [1.165, 1.54) is 29.5 Å². The molecule has 0 fully saturated rings. The lowest BCUT2D eigenvalue weighted by molar-refractivity contribution is 0.558. The first-order valence-electron chi connectivity index (χ1n) is 7.02. The number of nitrogens with one attached hydrogen (secondary N) is 1. The van der Waals surface area contributed by atoms with Crippen LogP contribution in [-0.2, 0) is 16.6 Å². The highest BCUT2D eigenvalue weighted by Crippen LogP contribution is 2.26. The molecule has 3 rings (SSSR count). The fraction of sp³-hybridized carbons (Fsp3) is 0.133. The monoisotopic (exact) mass is 329 g/mol. The summed E-state index contributed by atoms with van der Waals surface area (Å²) < 4.78 is 29.2. The molecule has 8 heteroatoms. The molecule has 2 heterocycles. The Labute approximate surface area is 134 Å². The summed E-state index contributed by atoms with van der Waals surface area (Å²) >= 11 is 0. The zero-order valence-corrected chi connectivity index (χ0v) is 13.2. The first-order chi connectivity index (χ1) is 11.1. The van der Waals surface area contributed by atoms with Gasteiger partial charge in [-0.25, -0.2) is 9.97 Å². The predicted octanol–water partition coefficient (Wildman–Crippen LogP) is 2.16. The lowest BCUT2D eigenvalue weighted by Crippen LogP contribution is -2.18. The Hall–Kier alpha value is -2.74. The van der Waals surface area contributed by atoms with Crippen LogP contribution < -0.4 is 4.72 Å². The van der Waals surface area contributed by atoms with E-state index in [1.54, 1.807) is 0 Å². The Morgan fingerprint density at radius 2 is 1.96 bits per heavy atom. The van der Waals surface area contributed by atoms with Crippen LogP contribution in [0.1, 0.15) is 6.92 Å². The quantitative estimate of drug-likeness (QED) is 0.775. The summed E-state index contributed by atoms with van der Waals surface area (Å²) in [6, 6.07) is 10.8. The van der Waals surface area contributed by atoms with Crippen LogP contribution in [0.25, 0.3) is 11.3 Å². The van der Waals surface area contributed by atoms with Crippen LogP contribution in [0.4, 0.5) is 5.69 Å². The molecule has 0 aliphatic heterocycles. The van der Waals surface area contributed by atoms with Crippen LogP contribution in [0, 0.1) is 0 Å². The molecule has 118 valence electrons. The van der Waals surface area contributed by atoms with Gasteiger partial charge >= 0.3 is 0 Å². The average Bonchev–Trinajstić information content (AvgIpc) is 3.05. The zero-order valence-electron chi connectivity index (χ0n) is 12.4. The van der Waals surface area contributed by atoms with E-state index in [4.69, 9.17) is 0 Å². The van der Waals surface area contributed by atoms with Crippen LogP contribution in [-0.4, -0.2) is 28.2 Å². The van der Waals surface area contributed by atoms with Crippen molar-refractivity contribution in [3.63, 3.8) is 0 Å². The van der Waals surface area contributed by atoms with Crippen LogP contribution >= 0.6 is 0 Å². The van der Waals surface area contributed by atoms with Crippen molar-refractivity contribution in [2.24, 2.45) is 0 Å². The normalized spacial score (nSPS) is 11.3. The molecule has 0 aliphatic carbocycles. The molecule has 0 aliphatic rings. The van der Waals surface area contributed by atoms with Gasteiger partial charge in [-0.3, -0.25) is 9.40 Å². The minimum atomic E-state index is -3.77. The number of benzene rings is 1. The highest BCUT2D eigenvalue weighted by atomic mass is 32.2. The summed E-state index contributed by atoms with van der Waals surface area (Å²) in [5, 5.41) is 4.09. The molecule has 0 bridgehead atoms. The van der Waals surface area contributed by atoms with Gasteiger partial charge in [0, 0.05) is 12.1 Å². The van der Waals surface area contributed by atoms with Gasteiger partial charge in [-0.1, -0.05) is 30.3 Å². The number of sulfonamides is 1. The standard InChI is InChI=1S/C15H15N5O2S/c1-2-20-14(8-9-18-20)23(21,22)19-13-10-16-11-17-15(13)12-6-4-3-5-7-12/h3-11,19H,2H2,1H3. The molecule has 2 aromatic heterocycles. The molecule has 0 saturated heterocycles. The summed E-state index contributed by atoms with van der Waals surface area (Å²) in [7, 11) is -3.77. The Morgan fingerprint density at radius 3 is 2.70 bits per heavy atom. The van der Waals surface area contributed by atoms with Gasteiger partial charge < -0.3 is 0 Å². The molecule has 23 heavy (non-hydrogen) atoms. The Morgan fingerprint density at radius 1 is 1.17 bits per heavy atom. The fourth-order valence-electron chi connectivity index (χ4n) is 2.21. The fourth-order valence-corrected chi connectivity index (χ4v) is 3.45. The zero-order chi connectivity index (χ0) is 16.3. The molecule has 0 radical (unpaired) electrons. The Bertz CT molecular complexity index is 906. The number of aryl methyl sites for hydroxylation is 1. The van der Waals surface area contributed by atoms with Crippen molar-refractivity contribution >= 4 is 15.7 Å². The van der Waals surface area contributed by atoms with E-state index in [0.717, 1.165) is 5.56 Å². The number of rotatable bonds is 5. The minimum absolute atomic E-state index is 0.0999. The van der Waals surface area contributed by atoms with Crippen LogP contribution in [0.2, 0.25) is 0 Å². The largest absolute Gasteiger partial charge is 0.279 e. The Balaban J connectivity index is 2.01. The van der Waals surface area contributed by atoms with Crippen molar-refractivity contribution in [2.75, 3.05) is 4.72 Å². The number of nitrogens with zero attached hydrogens (tertiary/aromatic N) is 4. The van der Waals surface area contributed by atoms with Gasteiger partial charge in [0.1, 0.15) is 6.33 Å². The van der Waals surface area contributed by atoms with Gasteiger partial charge in [0.15, 0.2) is 5.03 Å². The molecule has 0 unspecified atom stereocenters. The van der Waals surface area contributed by atoms with Crippen molar-refractivity contribution in [2.45, 2.75) is 18.5 Å². The maximum atomic E-state index is 12.6. The summed E-state index contributed by atoms with van der Waals surface area (Å²) in [5.41, 5.74) is 1.64. The number of hydrogen-bond acceptors (Lipinski definition) is 5. The van der Waals surface area contributed by atoms with Gasteiger partial charge in [-0.2, -0.15) is 13.5 Å². The Kier molecular flexibility index (Phi) is 4.07. The molecular weight excluding hydrogens is 314 g/mol. The van der Waals surface area contributed by atoms with Gasteiger partial charge in [-0.15, -0.1) is 0 Å². The van der Waals surface area contributed by atoms with Gasteiger partial charge in [-0.05, 0) is 13.0 Å². The topological polar surface area (TPSA) is 89.8 Å². The SMILES string of the molecule is CCn1nccc1S(=O)(=O)Nc1cncnc1-c1ccccc1. The highest BCUT2D eigenvalue weighted by Gasteiger charge is 2.21. The number of hydrogen-bond donors (Lipinski definition) is 1. The summed E-state index contributed by atoms with van der Waals surface area (Å²) in [6.07, 6.45) is 4.29. The van der Waals surface area contributed by atoms with Gasteiger partial charge in [0.2, 0.25) is 0 Å². The second kappa shape index (κ2) is 6.17. The number of aromatic nitrogens is 4. The third kappa shape index (κ3) is 3.07. The summed E-state index contributed by atoms with van der Waals surface area (Å²) in [5.74, 6) is 0. The second-order valence-corrected chi connectivity index (χ2v) is 6.37. The predicted molar refractivity (Wildman–Crippen MR) is 86.2 cm³/mol. The van der Waals surface area contributed by atoms with Crippen LogP contribution in [0.3, 0.4) is 0 Å². The van der Waals surface area contributed by atoms with Crippen molar-refractivity contribution in [1.82, 2.24) is 19.7 Å². The third-order valence-corrected chi connectivity index (χ3v) is 4.64. The highest BCUT2D eigenvalue weighted by molar-refractivity contribution is 7.92. The van der Waals surface area contributed by atoms with Crippen molar-refractivity contribution < 1.29 is 8.42 Å². The lowest BCUT2D eigenvalue weighted by Gasteiger charge is -2.12. The third-order valence-electron chi connectivity index (χ3n) is 3.26. The van der Waals surface area contributed by atoms with Crippen LogP contribution in [0.15, 0.2) is 60.1 Å². The first-order valence-corrected chi connectivity index (χ1v) is 8.50. The second-order valence-electron chi connectivity index (χ2n) is 4.74. The van der Waals surface area contributed by atoms with E-state index in [1.807, 2.05) is 37.3 Å². The molecule has 3 aromatic rings. The molecule has 0 atom stereocenters. The van der Waals surface area contributed by atoms with Gasteiger partial charge in [0.05, 0.1) is 23.8 Å². The smallest absolute Gasteiger partial charge is 0.275 e. The maximum Gasteiger partial charge on any atom is 0.279 e. The molecule has 0 saturated carbocycles. The molecule has 1 N–H and O–H groups in total. The molecule has 1 aromatic carbocycles. The summed E-state index contributed by atoms with van der Waals surface area (Å²) in [4.78, 5) is 8.11. The first kappa shape index (κ1) is 15.2.